The number of hydrogen-bond donors (Lipinski definition) is 1. The first kappa shape index (κ1) is 28.2. The monoisotopic (exact) mass is 544 g/mol. The molecule has 0 unspecified atom stereocenters. The Morgan fingerprint density at radius 2 is 1.76 bits per heavy atom. The molecule has 0 bridgehead atoms. The van der Waals surface area contributed by atoms with Crippen molar-refractivity contribution >= 4 is 40.6 Å². The van der Waals surface area contributed by atoms with Crippen LogP contribution in [0.15, 0.2) is 54.6 Å². The minimum atomic E-state index is -1.32. The van der Waals surface area contributed by atoms with Crippen molar-refractivity contribution in [1.82, 2.24) is 14.9 Å². The maximum Gasteiger partial charge on any atom is 1.00 e. The van der Waals surface area contributed by atoms with Crippen LogP contribution in [0.5, 0.6) is 0 Å². The number of aromatic nitrogens is 2. The number of fused-ring (bicyclic) bond motifs is 2. The van der Waals surface area contributed by atoms with E-state index in [1.54, 1.807) is 62.4 Å². The van der Waals surface area contributed by atoms with E-state index in [1.165, 1.54) is 16.7 Å². The molecular weight excluding hydrogens is 519 g/mol. The zero-order chi connectivity index (χ0) is 26.5. The SMILES string of the molecule is CC1(C)S[C@@H]2[C@H](NC(=O)CCCc3c(-c4ccccc4)[n+](=O)c4ccccc4n3[O-])C(=O)N2[C@H]1C(=O)[O-].[Na+]. The van der Waals surface area contributed by atoms with Crippen LogP contribution in [0.25, 0.3) is 22.3 Å². The van der Waals surface area contributed by atoms with Gasteiger partial charge in [-0.15, -0.1) is 11.8 Å². The molecule has 1 N–H and O–H groups in total. The van der Waals surface area contributed by atoms with Gasteiger partial charge in [0.15, 0.2) is 0 Å². The van der Waals surface area contributed by atoms with Gasteiger partial charge in [0.05, 0.1) is 27.7 Å². The number of nitrogens with one attached hydrogen (secondary N) is 1. The van der Waals surface area contributed by atoms with Crippen molar-refractivity contribution in [3.63, 3.8) is 0 Å². The van der Waals surface area contributed by atoms with Crippen LogP contribution in [0.2, 0.25) is 0 Å². The van der Waals surface area contributed by atoms with Gasteiger partial charge < -0.3 is 30.1 Å². The van der Waals surface area contributed by atoms with Crippen LogP contribution in [0.3, 0.4) is 0 Å². The Kier molecular flexibility index (Phi) is 7.94. The van der Waals surface area contributed by atoms with E-state index in [9.17, 15) is 29.6 Å². The summed E-state index contributed by atoms with van der Waals surface area (Å²) in [6, 6.07) is 13.6. The molecule has 2 aliphatic heterocycles. The van der Waals surface area contributed by atoms with Crippen molar-refractivity contribution in [2.24, 2.45) is 0 Å². The number of carboxylic acid groups (broad SMARTS) is 1. The van der Waals surface area contributed by atoms with Crippen molar-refractivity contribution in [2.45, 2.75) is 55.3 Å². The van der Waals surface area contributed by atoms with E-state index in [2.05, 4.69) is 5.32 Å². The summed E-state index contributed by atoms with van der Waals surface area (Å²) in [6.45, 7) is 3.47. The van der Waals surface area contributed by atoms with Gasteiger partial charge in [-0.25, -0.2) is 0 Å². The molecule has 0 radical (unpaired) electrons. The van der Waals surface area contributed by atoms with E-state index in [0.717, 1.165) is 9.16 Å². The van der Waals surface area contributed by atoms with Crippen molar-refractivity contribution in [3.8, 4) is 11.3 Å². The van der Waals surface area contributed by atoms with Gasteiger partial charge in [0.25, 0.3) is 11.2 Å². The van der Waals surface area contributed by atoms with E-state index in [0.29, 0.717) is 5.56 Å². The fraction of sp³-hybridized carbons (Fsp3) is 0.346. The maximum atomic E-state index is 13.3. The molecule has 2 saturated heterocycles. The Morgan fingerprint density at radius 1 is 1.11 bits per heavy atom. The molecule has 10 nitrogen and oxygen atoms in total. The molecule has 3 heterocycles. The van der Waals surface area contributed by atoms with Gasteiger partial charge >= 0.3 is 29.6 Å². The summed E-state index contributed by atoms with van der Waals surface area (Å²) in [4.78, 5) is 51.4. The normalized spacial score (nSPS) is 21.4. The molecule has 2 aliphatic rings. The van der Waals surface area contributed by atoms with Crippen LogP contribution in [0.1, 0.15) is 32.4 Å². The largest absolute Gasteiger partial charge is 1.00 e. The number of amides is 2. The molecule has 1 aromatic heterocycles. The van der Waals surface area contributed by atoms with Gasteiger partial charge in [0.2, 0.25) is 11.8 Å². The van der Waals surface area contributed by atoms with E-state index in [-0.39, 0.29) is 77.1 Å². The number of para-hydroxylation sites is 2. The van der Waals surface area contributed by atoms with Crippen LogP contribution in [0, 0.1) is 10.1 Å². The standard InChI is InChI=1S/C26H26N4O6S.Na/c1-26(2)22(25(33)34)28-23(32)20(24(28)37-26)27-19(31)14-8-13-18-21(15-9-4-3-5-10-15)30(36)17-12-7-6-11-16(17)29(18)35;/h3-7,9-12,20,22,24H,8,13-14H2,1-2H3,(H,27,31)(H,33,34);/q;+1/p-1/t20-,22+,24-;/m1./s1. The molecule has 3 atom stereocenters. The summed E-state index contributed by atoms with van der Waals surface area (Å²) in [7, 11) is 0. The second kappa shape index (κ2) is 10.7. The van der Waals surface area contributed by atoms with Crippen molar-refractivity contribution in [1.29, 1.82) is 0 Å². The number of carbonyl (C=O) groups is 3. The number of nitrogens with zero attached hydrogens (tertiary/aromatic N) is 3. The first-order valence-electron chi connectivity index (χ1n) is 11.9. The third-order valence-corrected chi connectivity index (χ3v) is 8.46. The molecular formula is C26H25N4NaO6S. The summed E-state index contributed by atoms with van der Waals surface area (Å²) in [5.41, 5.74) is 1.56. The predicted octanol–water partition coefficient (Wildman–Crippen LogP) is -1.81. The molecule has 0 saturated carbocycles. The van der Waals surface area contributed by atoms with Crippen LogP contribution >= 0.6 is 11.8 Å². The molecule has 0 spiro atoms. The van der Waals surface area contributed by atoms with Crippen molar-refractivity contribution in [3.05, 3.63) is 70.4 Å². The number of thioether (sulfide) groups is 1. The molecule has 2 fully saturated rings. The number of β-lactam (4-membered cyclic amide) rings is 1. The minimum absolute atomic E-state index is 0. The first-order valence-corrected chi connectivity index (χ1v) is 12.8. The number of carbonyl (C=O) groups excluding carboxylic acids is 3. The van der Waals surface area contributed by atoms with Gasteiger partial charge in [0.1, 0.15) is 16.9 Å². The fourth-order valence-corrected chi connectivity index (χ4v) is 6.80. The van der Waals surface area contributed by atoms with E-state index < -0.39 is 34.1 Å². The van der Waals surface area contributed by atoms with Crippen molar-refractivity contribution in [2.75, 3.05) is 0 Å². The Bertz CT molecular complexity index is 1480. The smallest absolute Gasteiger partial charge is 0.805 e. The molecule has 2 aromatic carbocycles. The van der Waals surface area contributed by atoms with E-state index >= 15 is 0 Å². The Balaban J connectivity index is 0.00000336. The summed E-state index contributed by atoms with van der Waals surface area (Å²) < 4.78 is 0.759. The number of aliphatic carboxylic acids is 1. The fourth-order valence-electron chi connectivity index (χ4n) is 5.18. The zero-order valence-corrected chi connectivity index (χ0v) is 24.1. The summed E-state index contributed by atoms with van der Waals surface area (Å²) in [5, 5.41) is 27.1. The number of hydrogen-bond acceptors (Lipinski definition) is 7. The molecule has 2 amide bonds. The quantitative estimate of drug-likeness (QED) is 0.210. The average Bonchev–Trinajstić information content (AvgIpc) is 3.14. The van der Waals surface area contributed by atoms with Gasteiger partial charge in [-0.05, 0) is 44.9 Å². The van der Waals surface area contributed by atoms with Crippen LogP contribution in [-0.4, -0.2) is 49.6 Å². The van der Waals surface area contributed by atoms with Gasteiger partial charge in [-0.2, -0.15) is 0 Å². The Hall–Kier alpha value is -2.86. The third-order valence-electron chi connectivity index (χ3n) is 6.89. The minimum Gasteiger partial charge on any atom is -0.805 e. The van der Waals surface area contributed by atoms with Gasteiger partial charge in [0, 0.05) is 22.1 Å². The molecule has 0 aliphatic carbocycles. The first-order chi connectivity index (χ1) is 17.6. The third kappa shape index (κ3) is 4.72. The van der Waals surface area contributed by atoms with Gasteiger partial charge in [-0.3, -0.25) is 9.59 Å². The molecule has 38 heavy (non-hydrogen) atoms. The van der Waals surface area contributed by atoms with Gasteiger partial charge in [-0.1, -0.05) is 30.3 Å². The molecule has 3 aromatic rings. The summed E-state index contributed by atoms with van der Waals surface area (Å²) in [5.74, 6) is -2.15. The Morgan fingerprint density at radius 3 is 2.45 bits per heavy atom. The summed E-state index contributed by atoms with van der Waals surface area (Å²) >= 11 is 1.32. The second-order valence-corrected chi connectivity index (χ2v) is 11.5. The van der Waals surface area contributed by atoms with Crippen LogP contribution < -0.4 is 44.4 Å². The maximum absolute atomic E-state index is 13.3. The average molecular weight is 545 g/mol. The molecule has 12 heteroatoms. The van der Waals surface area contributed by atoms with Crippen LogP contribution in [0.4, 0.5) is 0 Å². The molecule has 192 valence electrons. The van der Waals surface area contributed by atoms with E-state index in [4.69, 9.17) is 0 Å². The van der Waals surface area contributed by atoms with E-state index in [1.807, 2.05) is 6.07 Å². The zero-order valence-electron chi connectivity index (χ0n) is 21.2. The summed E-state index contributed by atoms with van der Waals surface area (Å²) in [6.07, 6.45) is 0.452. The topological polar surface area (TPSA) is 140 Å². The number of carboxylic acids is 1. The van der Waals surface area contributed by atoms with Crippen LogP contribution in [-0.2, 0) is 20.8 Å². The number of rotatable bonds is 7. The number of benzene rings is 2. The molecule has 5 rings (SSSR count). The predicted molar refractivity (Wildman–Crippen MR) is 135 cm³/mol. The van der Waals surface area contributed by atoms with Crippen molar-refractivity contribution < 1.29 is 53.5 Å². The second-order valence-electron chi connectivity index (χ2n) is 9.72. The Labute approximate surface area is 244 Å².